The van der Waals surface area contributed by atoms with Gasteiger partial charge in [0, 0.05) is 6.04 Å². The van der Waals surface area contributed by atoms with Crippen molar-refractivity contribution in [2.24, 2.45) is 0 Å². The average Bonchev–Trinajstić information content (AvgIpc) is 2.62. The summed E-state index contributed by atoms with van der Waals surface area (Å²) in [5, 5.41) is 7.53. The number of nitrogens with zero attached hydrogens (tertiary/aromatic N) is 2. The highest BCUT2D eigenvalue weighted by atomic mass is 32.1. The monoisotopic (exact) mass is 213 g/mol. The molecule has 3 nitrogen and oxygen atoms in total. The average molecular weight is 213 g/mol. The highest BCUT2D eigenvalue weighted by molar-refractivity contribution is 7.05. The Morgan fingerprint density at radius 2 is 2.14 bits per heavy atom. The fraction of sp³-hybridized carbons (Fsp3) is 0.800. The Bertz CT molecular complexity index is 270. The lowest BCUT2D eigenvalue weighted by Gasteiger charge is -2.15. The van der Waals surface area contributed by atoms with E-state index < -0.39 is 0 Å². The predicted octanol–water partition coefficient (Wildman–Crippen LogP) is 2.72. The number of aromatic nitrogens is 2. The molecule has 0 spiro atoms. The van der Waals surface area contributed by atoms with Crippen molar-refractivity contribution < 1.29 is 0 Å². The zero-order chi connectivity index (χ0) is 10.6. The summed E-state index contributed by atoms with van der Waals surface area (Å²) >= 11 is 1.53. The fourth-order valence-corrected chi connectivity index (χ4v) is 2.49. The van der Waals surface area contributed by atoms with Crippen molar-refractivity contribution in [2.45, 2.75) is 45.6 Å². The first-order valence-corrected chi connectivity index (χ1v) is 5.97. The molecule has 0 radical (unpaired) electrons. The number of hydrogen-bond acceptors (Lipinski definition) is 4. The van der Waals surface area contributed by atoms with Crippen LogP contribution in [0, 0.1) is 0 Å². The van der Waals surface area contributed by atoms with E-state index >= 15 is 0 Å². The van der Waals surface area contributed by atoms with Crippen molar-refractivity contribution in [3.8, 4) is 0 Å². The van der Waals surface area contributed by atoms with Crippen LogP contribution < -0.4 is 5.32 Å². The Hall–Kier alpha value is -0.480. The molecule has 1 aromatic heterocycles. The Morgan fingerprint density at radius 1 is 1.43 bits per heavy atom. The van der Waals surface area contributed by atoms with Crippen molar-refractivity contribution in [1.82, 2.24) is 14.9 Å². The minimum absolute atomic E-state index is 0.428. The second-order valence-corrected chi connectivity index (χ2v) is 4.59. The standard InChI is InChI=1S/C10H19N3S/c1-5-6-8(11-4)10-9(7(2)3)12-13-14-10/h7-8,11H,5-6H2,1-4H3. The molecule has 1 atom stereocenters. The molecule has 0 aliphatic heterocycles. The van der Waals surface area contributed by atoms with Crippen molar-refractivity contribution >= 4 is 11.5 Å². The molecule has 14 heavy (non-hydrogen) atoms. The highest BCUT2D eigenvalue weighted by Gasteiger charge is 2.18. The van der Waals surface area contributed by atoms with Crippen LogP contribution in [0.1, 0.15) is 56.1 Å². The molecule has 1 aromatic rings. The largest absolute Gasteiger partial charge is 0.312 e. The van der Waals surface area contributed by atoms with Gasteiger partial charge in [0.05, 0.1) is 10.6 Å². The summed E-state index contributed by atoms with van der Waals surface area (Å²) in [6.45, 7) is 6.53. The molecule has 0 saturated heterocycles. The van der Waals surface area contributed by atoms with Gasteiger partial charge in [-0.3, -0.25) is 0 Å². The third-order valence-corrected chi connectivity index (χ3v) is 3.18. The van der Waals surface area contributed by atoms with E-state index in [9.17, 15) is 0 Å². The van der Waals surface area contributed by atoms with Crippen LogP contribution in [0.25, 0.3) is 0 Å². The summed E-state index contributed by atoms with van der Waals surface area (Å²) in [6, 6.07) is 0.428. The maximum Gasteiger partial charge on any atom is 0.0829 e. The normalized spacial score (nSPS) is 13.5. The molecule has 0 aliphatic carbocycles. The van der Waals surface area contributed by atoms with E-state index in [1.54, 1.807) is 0 Å². The summed E-state index contributed by atoms with van der Waals surface area (Å²) in [4.78, 5) is 1.31. The topological polar surface area (TPSA) is 37.8 Å². The summed E-state index contributed by atoms with van der Waals surface area (Å²) in [5.74, 6) is 0.469. The molecule has 4 heteroatoms. The maximum absolute atomic E-state index is 4.20. The van der Waals surface area contributed by atoms with Gasteiger partial charge in [-0.2, -0.15) is 0 Å². The lowest BCUT2D eigenvalue weighted by atomic mass is 10.0. The van der Waals surface area contributed by atoms with Gasteiger partial charge in [0.2, 0.25) is 0 Å². The van der Waals surface area contributed by atoms with Gasteiger partial charge in [-0.1, -0.05) is 31.7 Å². The van der Waals surface area contributed by atoms with E-state index in [-0.39, 0.29) is 0 Å². The van der Waals surface area contributed by atoms with E-state index in [0.717, 1.165) is 12.1 Å². The van der Waals surface area contributed by atoms with Gasteiger partial charge >= 0.3 is 0 Å². The predicted molar refractivity (Wildman–Crippen MR) is 60.7 cm³/mol. The molecule has 80 valence electrons. The molecule has 0 fully saturated rings. The summed E-state index contributed by atoms with van der Waals surface area (Å²) in [5.41, 5.74) is 1.16. The number of nitrogens with one attached hydrogen (secondary N) is 1. The molecule has 0 saturated carbocycles. The Morgan fingerprint density at radius 3 is 2.64 bits per heavy atom. The Balaban J connectivity index is 2.86. The van der Waals surface area contributed by atoms with Crippen LogP contribution in [0.2, 0.25) is 0 Å². The van der Waals surface area contributed by atoms with Gasteiger partial charge in [0.15, 0.2) is 0 Å². The number of rotatable bonds is 5. The molecule has 0 amide bonds. The van der Waals surface area contributed by atoms with E-state index in [1.807, 2.05) is 7.05 Å². The lowest BCUT2D eigenvalue weighted by Crippen LogP contribution is -2.16. The maximum atomic E-state index is 4.20. The molecule has 1 rings (SSSR count). The fourth-order valence-electron chi connectivity index (χ4n) is 1.54. The molecule has 1 unspecified atom stereocenters. The first kappa shape index (κ1) is 11.6. The Labute approximate surface area is 90.1 Å². The van der Waals surface area contributed by atoms with Crippen molar-refractivity contribution in [3.05, 3.63) is 10.6 Å². The zero-order valence-corrected chi connectivity index (χ0v) is 10.2. The van der Waals surface area contributed by atoms with Gasteiger partial charge < -0.3 is 5.32 Å². The van der Waals surface area contributed by atoms with E-state index in [1.165, 1.54) is 22.8 Å². The van der Waals surface area contributed by atoms with Crippen LogP contribution in [0.5, 0.6) is 0 Å². The molecule has 1 heterocycles. The van der Waals surface area contributed by atoms with Gasteiger partial charge in [-0.25, -0.2) is 0 Å². The molecule has 0 bridgehead atoms. The third kappa shape index (κ3) is 2.51. The van der Waals surface area contributed by atoms with E-state index in [0.29, 0.717) is 12.0 Å². The molecular formula is C10H19N3S. The van der Waals surface area contributed by atoms with Crippen LogP contribution in [0.4, 0.5) is 0 Å². The van der Waals surface area contributed by atoms with Crippen LogP contribution >= 0.6 is 11.5 Å². The second-order valence-electron chi connectivity index (χ2n) is 3.81. The summed E-state index contributed by atoms with van der Waals surface area (Å²) in [7, 11) is 2.00. The van der Waals surface area contributed by atoms with Crippen LogP contribution in [0.15, 0.2) is 0 Å². The number of hydrogen-bond donors (Lipinski definition) is 1. The first-order chi connectivity index (χ1) is 6.70. The smallest absolute Gasteiger partial charge is 0.0829 e. The minimum atomic E-state index is 0.428. The third-order valence-electron chi connectivity index (χ3n) is 2.33. The van der Waals surface area contributed by atoms with E-state index in [4.69, 9.17) is 0 Å². The van der Waals surface area contributed by atoms with Crippen LogP contribution in [-0.2, 0) is 0 Å². The van der Waals surface area contributed by atoms with Gasteiger partial charge in [-0.05, 0) is 30.9 Å². The van der Waals surface area contributed by atoms with E-state index in [2.05, 4.69) is 35.7 Å². The quantitative estimate of drug-likeness (QED) is 0.817. The van der Waals surface area contributed by atoms with Crippen molar-refractivity contribution in [1.29, 1.82) is 0 Å². The van der Waals surface area contributed by atoms with Crippen LogP contribution in [0.3, 0.4) is 0 Å². The van der Waals surface area contributed by atoms with Gasteiger partial charge in [0.25, 0.3) is 0 Å². The zero-order valence-electron chi connectivity index (χ0n) is 9.37. The molecule has 0 aliphatic rings. The van der Waals surface area contributed by atoms with Crippen LogP contribution in [-0.4, -0.2) is 16.6 Å². The summed E-state index contributed by atoms with van der Waals surface area (Å²) < 4.78 is 4.05. The SMILES string of the molecule is CCCC(NC)c1snnc1C(C)C. The molecular weight excluding hydrogens is 194 g/mol. The molecule has 1 N–H and O–H groups in total. The first-order valence-electron chi connectivity index (χ1n) is 5.20. The summed E-state index contributed by atoms with van der Waals surface area (Å²) in [6.07, 6.45) is 2.33. The lowest BCUT2D eigenvalue weighted by molar-refractivity contribution is 0.541. The van der Waals surface area contributed by atoms with Crippen molar-refractivity contribution in [2.75, 3.05) is 7.05 Å². The van der Waals surface area contributed by atoms with Gasteiger partial charge in [-0.15, -0.1) is 5.10 Å². The Kier molecular flexibility index (Phi) is 4.48. The molecule has 0 aromatic carbocycles. The van der Waals surface area contributed by atoms with Gasteiger partial charge in [0.1, 0.15) is 0 Å². The minimum Gasteiger partial charge on any atom is -0.312 e. The highest BCUT2D eigenvalue weighted by Crippen LogP contribution is 2.28. The second kappa shape index (κ2) is 5.41. The van der Waals surface area contributed by atoms with Crippen molar-refractivity contribution in [3.63, 3.8) is 0 Å².